The van der Waals surface area contributed by atoms with Gasteiger partial charge in [-0.05, 0) is 36.7 Å². The minimum Gasteiger partial charge on any atom is -0.298 e. The van der Waals surface area contributed by atoms with Crippen LogP contribution in [0.25, 0.3) is 6.08 Å². The molecule has 0 bridgehead atoms. The lowest BCUT2D eigenvalue weighted by Crippen LogP contribution is -2.50. The molecule has 1 fully saturated rings. The van der Waals surface area contributed by atoms with Gasteiger partial charge in [0.05, 0.1) is 4.92 Å². The number of nitro groups is 1. The molecule has 0 spiro atoms. The largest absolute Gasteiger partial charge is 0.298 e. The molecule has 2 rings (SSSR count). The molecule has 26 heavy (non-hydrogen) atoms. The molecule has 1 aromatic rings. The fourth-order valence-corrected chi connectivity index (χ4v) is 2.84. The van der Waals surface area contributed by atoms with Crippen LogP contribution in [-0.2, 0) is 9.59 Å². The number of non-ortho nitro benzene ring substituents is 1. The molecule has 8 nitrogen and oxygen atoms in total. The van der Waals surface area contributed by atoms with Crippen molar-refractivity contribution < 1.29 is 14.5 Å². The Morgan fingerprint density at radius 3 is 2.62 bits per heavy atom. The predicted molar refractivity (Wildman–Crippen MR) is 101 cm³/mol. The van der Waals surface area contributed by atoms with Crippen molar-refractivity contribution in [3.8, 4) is 0 Å². The Hall–Kier alpha value is -2.81. The molecule has 1 aliphatic rings. The molecule has 9 heteroatoms. The van der Waals surface area contributed by atoms with Crippen molar-refractivity contribution in [3.63, 3.8) is 0 Å². The first-order valence-electron chi connectivity index (χ1n) is 8.29. The number of benzene rings is 1. The van der Waals surface area contributed by atoms with Crippen LogP contribution in [0.1, 0.15) is 37.7 Å². The third kappa shape index (κ3) is 6.25. The lowest BCUT2D eigenvalue weighted by atomic mass is 9.89. The van der Waals surface area contributed by atoms with Crippen molar-refractivity contribution in [3.05, 3.63) is 46.0 Å². The van der Waals surface area contributed by atoms with Crippen LogP contribution in [0, 0.1) is 16.0 Å². The first-order chi connectivity index (χ1) is 12.5. The van der Waals surface area contributed by atoms with E-state index in [1.165, 1.54) is 30.4 Å². The first kappa shape index (κ1) is 19.5. The molecule has 0 aromatic heterocycles. The molecule has 0 radical (unpaired) electrons. The highest BCUT2D eigenvalue weighted by atomic mass is 32.1. The molecule has 2 amide bonds. The van der Waals surface area contributed by atoms with Crippen molar-refractivity contribution in [1.82, 2.24) is 16.2 Å². The Kier molecular flexibility index (Phi) is 7.22. The van der Waals surface area contributed by atoms with Crippen LogP contribution < -0.4 is 16.2 Å². The summed E-state index contributed by atoms with van der Waals surface area (Å²) >= 11 is 4.95. The molecule has 0 unspecified atom stereocenters. The molecular weight excluding hydrogens is 356 g/mol. The Morgan fingerprint density at radius 2 is 1.92 bits per heavy atom. The monoisotopic (exact) mass is 376 g/mol. The van der Waals surface area contributed by atoms with Gasteiger partial charge in [-0.2, -0.15) is 0 Å². The maximum absolute atomic E-state index is 12.0. The van der Waals surface area contributed by atoms with Gasteiger partial charge in [0.2, 0.25) is 11.8 Å². The van der Waals surface area contributed by atoms with Gasteiger partial charge < -0.3 is 0 Å². The summed E-state index contributed by atoms with van der Waals surface area (Å²) in [5.41, 5.74) is 5.47. The molecule has 0 aliphatic heterocycles. The smallest absolute Gasteiger partial charge is 0.270 e. The number of nitrogens with one attached hydrogen (secondary N) is 3. The number of nitrogens with zero attached hydrogens (tertiary/aromatic N) is 1. The highest BCUT2D eigenvalue weighted by molar-refractivity contribution is 7.80. The van der Waals surface area contributed by atoms with Crippen molar-refractivity contribution in [2.24, 2.45) is 5.92 Å². The fourth-order valence-electron chi connectivity index (χ4n) is 2.68. The number of thiocarbonyl (C=S) groups is 1. The van der Waals surface area contributed by atoms with E-state index in [9.17, 15) is 19.7 Å². The summed E-state index contributed by atoms with van der Waals surface area (Å²) in [4.78, 5) is 34.0. The van der Waals surface area contributed by atoms with E-state index in [1.54, 1.807) is 6.07 Å². The van der Waals surface area contributed by atoms with Crippen LogP contribution in [0.3, 0.4) is 0 Å². The maximum atomic E-state index is 12.0. The van der Waals surface area contributed by atoms with Gasteiger partial charge >= 0.3 is 0 Å². The van der Waals surface area contributed by atoms with Gasteiger partial charge in [0.25, 0.3) is 5.69 Å². The highest BCUT2D eigenvalue weighted by Gasteiger charge is 2.20. The summed E-state index contributed by atoms with van der Waals surface area (Å²) in [5.74, 6) is -0.669. The highest BCUT2D eigenvalue weighted by Crippen LogP contribution is 2.23. The molecular formula is C17H20N4O4S. The fraction of sp³-hybridized carbons (Fsp3) is 0.353. The van der Waals surface area contributed by atoms with Crippen LogP contribution in [0.2, 0.25) is 0 Å². The van der Waals surface area contributed by atoms with Gasteiger partial charge in [-0.1, -0.05) is 31.4 Å². The summed E-state index contributed by atoms with van der Waals surface area (Å²) in [5, 5.41) is 13.1. The Balaban J connectivity index is 1.77. The second kappa shape index (κ2) is 9.62. The maximum Gasteiger partial charge on any atom is 0.270 e. The number of carbonyl (C=O) groups excluding carboxylic acids is 2. The molecule has 0 heterocycles. The standard InChI is InChI=1S/C17H20N4O4S/c22-15(10-9-12-5-4-8-14(11-12)21(24)25)18-17(26)20-19-16(23)13-6-2-1-3-7-13/h4-5,8-11,13H,1-3,6-7H2,(H,19,23)(H2,18,20,22,26)/b10-9+. The van der Waals surface area contributed by atoms with Crippen LogP contribution in [-0.4, -0.2) is 21.9 Å². The van der Waals surface area contributed by atoms with Gasteiger partial charge in [0, 0.05) is 24.1 Å². The summed E-state index contributed by atoms with van der Waals surface area (Å²) in [7, 11) is 0. The summed E-state index contributed by atoms with van der Waals surface area (Å²) in [6.45, 7) is 0. The minimum absolute atomic E-state index is 0.0245. The van der Waals surface area contributed by atoms with Gasteiger partial charge in [-0.3, -0.25) is 35.9 Å². The van der Waals surface area contributed by atoms with E-state index < -0.39 is 10.8 Å². The SMILES string of the molecule is O=C(/C=C/c1cccc([N+](=O)[O-])c1)NC(=S)NNC(=O)C1CCCCC1. The Bertz CT molecular complexity index is 729. The Morgan fingerprint density at radius 1 is 1.19 bits per heavy atom. The minimum atomic E-state index is -0.513. The molecule has 138 valence electrons. The molecule has 0 saturated heterocycles. The Labute approximate surface area is 156 Å². The number of rotatable bonds is 4. The van der Waals surface area contributed by atoms with Crippen LogP contribution >= 0.6 is 12.2 Å². The third-order valence-electron chi connectivity index (χ3n) is 4.02. The third-order valence-corrected chi connectivity index (χ3v) is 4.22. The lowest BCUT2D eigenvalue weighted by molar-refractivity contribution is -0.384. The molecule has 1 saturated carbocycles. The zero-order chi connectivity index (χ0) is 18.9. The number of nitro benzene ring substituents is 1. The van der Waals surface area contributed by atoms with Crippen molar-refractivity contribution >= 4 is 40.9 Å². The van der Waals surface area contributed by atoms with Gasteiger partial charge in [0.1, 0.15) is 0 Å². The van der Waals surface area contributed by atoms with Gasteiger partial charge in [-0.25, -0.2) is 0 Å². The molecule has 0 atom stereocenters. The number of amides is 2. The summed E-state index contributed by atoms with van der Waals surface area (Å²) in [6, 6.07) is 5.89. The van der Waals surface area contributed by atoms with Gasteiger partial charge in [0.15, 0.2) is 5.11 Å². The zero-order valence-electron chi connectivity index (χ0n) is 14.1. The van der Waals surface area contributed by atoms with E-state index in [2.05, 4.69) is 16.2 Å². The predicted octanol–water partition coefficient (Wildman–Crippen LogP) is 2.21. The quantitative estimate of drug-likeness (QED) is 0.321. The van der Waals surface area contributed by atoms with E-state index in [-0.39, 0.29) is 22.6 Å². The van der Waals surface area contributed by atoms with E-state index in [1.807, 2.05) is 0 Å². The number of hydrogen-bond acceptors (Lipinski definition) is 5. The summed E-state index contributed by atoms with van der Waals surface area (Å²) in [6.07, 6.45) is 7.60. The molecule has 1 aromatic carbocycles. The van der Waals surface area contributed by atoms with E-state index in [0.717, 1.165) is 32.1 Å². The normalized spacial score (nSPS) is 14.6. The van der Waals surface area contributed by atoms with E-state index >= 15 is 0 Å². The zero-order valence-corrected chi connectivity index (χ0v) is 14.9. The average Bonchev–Trinajstić information content (AvgIpc) is 2.65. The number of hydrogen-bond donors (Lipinski definition) is 3. The average molecular weight is 376 g/mol. The number of hydrazine groups is 1. The van der Waals surface area contributed by atoms with E-state index in [4.69, 9.17) is 12.2 Å². The second-order valence-electron chi connectivity index (χ2n) is 5.95. The number of carbonyl (C=O) groups is 2. The van der Waals surface area contributed by atoms with Crippen LogP contribution in [0.5, 0.6) is 0 Å². The van der Waals surface area contributed by atoms with Crippen LogP contribution in [0.4, 0.5) is 5.69 Å². The van der Waals surface area contributed by atoms with Crippen molar-refractivity contribution in [2.75, 3.05) is 0 Å². The molecule has 1 aliphatic carbocycles. The van der Waals surface area contributed by atoms with Crippen molar-refractivity contribution in [2.45, 2.75) is 32.1 Å². The van der Waals surface area contributed by atoms with Crippen LogP contribution in [0.15, 0.2) is 30.3 Å². The first-order valence-corrected chi connectivity index (χ1v) is 8.70. The molecule has 3 N–H and O–H groups in total. The van der Waals surface area contributed by atoms with E-state index in [0.29, 0.717) is 5.56 Å². The van der Waals surface area contributed by atoms with Crippen molar-refractivity contribution in [1.29, 1.82) is 0 Å². The lowest BCUT2D eigenvalue weighted by Gasteiger charge is -2.21. The topological polar surface area (TPSA) is 113 Å². The second-order valence-corrected chi connectivity index (χ2v) is 6.36. The summed E-state index contributed by atoms with van der Waals surface area (Å²) < 4.78 is 0. The van der Waals surface area contributed by atoms with Gasteiger partial charge in [-0.15, -0.1) is 0 Å².